The number of halogens is 4. The van der Waals surface area contributed by atoms with Gasteiger partial charge in [-0.3, -0.25) is 4.79 Å². The first-order valence-electron chi connectivity index (χ1n) is 7.73. The average Bonchev–Trinajstić information content (AvgIpc) is 3.11. The number of hydrogen-bond donors (Lipinski definition) is 1. The van der Waals surface area contributed by atoms with E-state index >= 15 is 0 Å². The summed E-state index contributed by atoms with van der Waals surface area (Å²) in [5.41, 5.74) is 0.861. The molecule has 2 aromatic carbocycles. The van der Waals surface area contributed by atoms with E-state index in [2.05, 4.69) is 10.4 Å². The van der Waals surface area contributed by atoms with Crippen LogP contribution in [0.5, 0.6) is 5.75 Å². The van der Waals surface area contributed by atoms with Crippen LogP contribution in [0.2, 0.25) is 5.02 Å². The van der Waals surface area contributed by atoms with E-state index in [0.29, 0.717) is 0 Å². The fourth-order valence-corrected chi connectivity index (χ4v) is 2.41. The van der Waals surface area contributed by atoms with Crippen molar-refractivity contribution < 1.29 is 22.7 Å². The summed E-state index contributed by atoms with van der Waals surface area (Å²) in [6, 6.07) is 14.5. The molecule has 3 rings (SSSR count). The summed E-state index contributed by atoms with van der Waals surface area (Å²) in [4.78, 5) is 12.4. The van der Waals surface area contributed by atoms with E-state index in [9.17, 15) is 18.0 Å². The molecule has 0 unspecified atom stereocenters. The van der Waals surface area contributed by atoms with Crippen molar-refractivity contribution in [3.05, 3.63) is 71.5 Å². The van der Waals surface area contributed by atoms with Gasteiger partial charge >= 0.3 is 6.18 Å². The van der Waals surface area contributed by atoms with Crippen LogP contribution in [-0.2, 0) is 0 Å². The smallest absolute Gasteiger partial charge is 0.422 e. The lowest BCUT2D eigenvalue weighted by Crippen LogP contribution is -2.20. The number of benzene rings is 2. The Hall–Kier alpha value is -3.00. The number of nitrogens with zero attached hydrogens (tertiary/aromatic N) is 2. The van der Waals surface area contributed by atoms with E-state index < -0.39 is 18.7 Å². The van der Waals surface area contributed by atoms with Gasteiger partial charge in [0.05, 0.1) is 11.4 Å². The molecule has 1 amide bonds. The van der Waals surface area contributed by atoms with Crippen LogP contribution in [0.15, 0.2) is 60.8 Å². The summed E-state index contributed by atoms with van der Waals surface area (Å²) in [5.74, 6) is -0.753. The highest BCUT2D eigenvalue weighted by Gasteiger charge is 2.29. The van der Waals surface area contributed by atoms with Crippen molar-refractivity contribution in [3.8, 4) is 11.4 Å². The van der Waals surface area contributed by atoms with E-state index in [1.54, 1.807) is 6.20 Å². The van der Waals surface area contributed by atoms with Gasteiger partial charge in [-0.05, 0) is 36.4 Å². The van der Waals surface area contributed by atoms with E-state index in [1.165, 1.54) is 28.9 Å². The summed E-state index contributed by atoms with van der Waals surface area (Å²) in [5, 5.41) is 6.88. The molecule has 1 heterocycles. The van der Waals surface area contributed by atoms with Crippen LogP contribution >= 0.6 is 11.6 Å². The molecule has 3 aromatic rings. The topological polar surface area (TPSA) is 56.1 Å². The second-order valence-electron chi connectivity index (χ2n) is 5.48. The van der Waals surface area contributed by atoms with E-state index in [0.717, 1.165) is 5.69 Å². The third-order valence-corrected chi connectivity index (χ3v) is 3.66. The predicted octanol–water partition coefficient (Wildman–Crippen LogP) is 4.72. The highest BCUT2D eigenvalue weighted by atomic mass is 35.5. The number of carbonyl (C=O) groups is 1. The third-order valence-electron chi connectivity index (χ3n) is 3.42. The number of ether oxygens (including phenoxy) is 1. The van der Waals surface area contributed by atoms with Crippen LogP contribution in [-0.4, -0.2) is 28.5 Å². The molecule has 0 radical (unpaired) electrons. The lowest BCUT2D eigenvalue weighted by atomic mass is 10.2. The molecule has 0 spiro atoms. The highest BCUT2D eigenvalue weighted by Crippen LogP contribution is 2.30. The molecule has 0 saturated carbocycles. The molecule has 140 valence electrons. The van der Waals surface area contributed by atoms with Gasteiger partial charge in [-0.1, -0.05) is 29.8 Å². The van der Waals surface area contributed by atoms with Crippen molar-refractivity contribution in [2.24, 2.45) is 0 Å². The molecule has 0 aliphatic carbocycles. The van der Waals surface area contributed by atoms with Crippen LogP contribution in [0.3, 0.4) is 0 Å². The molecule has 0 aliphatic rings. The fourth-order valence-electron chi connectivity index (χ4n) is 2.24. The molecule has 0 aliphatic heterocycles. The van der Waals surface area contributed by atoms with Crippen molar-refractivity contribution in [2.45, 2.75) is 6.18 Å². The molecule has 5 nitrogen and oxygen atoms in total. The van der Waals surface area contributed by atoms with Gasteiger partial charge in [0, 0.05) is 11.2 Å². The normalized spacial score (nSPS) is 11.3. The minimum Gasteiger partial charge on any atom is -0.482 e. The van der Waals surface area contributed by atoms with Crippen molar-refractivity contribution in [2.75, 3.05) is 11.9 Å². The zero-order chi connectivity index (χ0) is 19.4. The first-order valence-corrected chi connectivity index (χ1v) is 8.11. The first kappa shape index (κ1) is 18.8. The van der Waals surface area contributed by atoms with Gasteiger partial charge in [-0.2, -0.15) is 18.3 Å². The molecule has 1 aromatic heterocycles. The lowest BCUT2D eigenvalue weighted by Gasteiger charge is -2.13. The molecule has 0 fully saturated rings. The molecule has 27 heavy (non-hydrogen) atoms. The van der Waals surface area contributed by atoms with Crippen LogP contribution < -0.4 is 10.1 Å². The first-order chi connectivity index (χ1) is 12.8. The predicted molar refractivity (Wildman–Crippen MR) is 94.5 cm³/mol. The van der Waals surface area contributed by atoms with E-state index in [-0.39, 0.29) is 22.2 Å². The number of rotatable bonds is 5. The SMILES string of the molecule is O=C(Nc1cc(Cl)ccc1OCC(F)(F)F)c1ccn(-c2ccccc2)n1. The lowest BCUT2D eigenvalue weighted by molar-refractivity contribution is -0.153. The van der Waals surface area contributed by atoms with Gasteiger partial charge in [0.2, 0.25) is 0 Å². The van der Waals surface area contributed by atoms with Crippen LogP contribution in [0, 0.1) is 0 Å². The summed E-state index contributed by atoms with van der Waals surface area (Å²) in [6.07, 6.45) is -2.90. The summed E-state index contributed by atoms with van der Waals surface area (Å²) in [6.45, 7) is -1.49. The largest absolute Gasteiger partial charge is 0.482 e. The van der Waals surface area contributed by atoms with Crippen molar-refractivity contribution in [1.82, 2.24) is 9.78 Å². The van der Waals surface area contributed by atoms with Crippen molar-refractivity contribution in [3.63, 3.8) is 0 Å². The molecule has 1 N–H and O–H groups in total. The number of carbonyl (C=O) groups excluding carboxylic acids is 1. The maximum Gasteiger partial charge on any atom is 0.422 e. The second kappa shape index (κ2) is 7.71. The minimum absolute atomic E-state index is 0.0195. The zero-order valence-corrected chi connectivity index (χ0v) is 14.5. The Bertz CT molecular complexity index is 943. The van der Waals surface area contributed by atoms with Gasteiger partial charge in [-0.15, -0.1) is 0 Å². The van der Waals surface area contributed by atoms with Gasteiger partial charge in [0.25, 0.3) is 5.91 Å². The Morgan fingerprint density at radius 3 is 2.59 bits per heavy atom. The second-order valence-corrected chi connectivity index (χ2v) is 5.92. The molecule has 0 bridgehead atoms. The maximum absolute atomic E-state index is 12.4. The molecule has 0 atom stereocenters. The Morgan fingerprint density at radius 1 is 1.15 bits per heavy atom. The van der Waals surface area contributed by atoms with Gasteiger partial charge in [0.1, 0.15) is 5.75 Å². The number of aromatic nitrogens is 2. The molecular weight excluding hydrogens is 383 g/mol. The minimum atomic E-state index is -4.50. The zero-order valence-electron chi connectivity index (χ0n) is 13.7. The standard InChI is InChI=1S/C18H13ClF3N3O2/c19-12-6-7-16(27-11-18(20,21)22)15(10-12)23-17(26)14-8-9-25(24-14)13-4-2-1-3-5-13/h1-10H,11H2,(H,23,26). The van der Waals surface area contributed by atoms with Crippen LogP contribution in [0.4, 0.5) is 18.9 Å². The number of hydrogen-bond acceptors (Lipinski definition) is 3. The molecule has 0 saturated heterocycles. The van der Waals surface area contributed by atoms with Crippen molar-refractivity contribution in [1.29, 1.82) is 0 Å². The summed E-state index contributed by atoms with van der Waals surface area (Å²) >= 11 is 5.87. The van der Waals surface area contributed by atoms with Crippen LogP contribution in [0.1, 0.15) is 10.5 Å². The molecular formula is C18H13ClF3N3O2. The van der Waals surface area contributed by atoms with E-state index in [1.807, 2.05) is 30.3 Å². The Kier molecular flexibility index (Phi) is 5.36. The Labute approximate surface area is 157 Å². The van der Waals surface area contributed by atoms with Crippen LogP contribution in [0.25, 0.3) is 5.69 Å². The number of amides is 1. The summed E-state index contributed by atoms with van der Waals surface area (Å²) in [7, 11) is 0. The van der Waals surface area contributed by atoms with Gasteiger partial charge < -0.3 is 10.1 Å². The number of alkyl halides is 3. The maximum atomic E-state index is 12.4. The number of para-hydroxylation sites is 1. The quantitative estimate of drug-likeness (QED) is 0.680. The fraction of sp³-hybridized carbons (Fsp3) is 0.111. The molecule has 9 heteroatoms. The average molecular weight is 396 g/mol. The number of anilines is 1. The van der Waals surface area contributed by atoms with Crippen molar-refractivity contribution >= 4 is 23.2 Å². The monoisotopic (exact) mass is 395 g/mol. The Morgan fingerprint density at radius 2 is 1.89 bits per heavy atom. The highest BCUT2D eigenvalue weighted by molar-refractivity contribution is 6.31. The Balaban J connectivity index is 1.78. The summed E-state index contributed by atoms with van der Waals surface area (Å²) < 4.78 is 43.4. The van der Waals surface area contributed by atoms with Gasteiger partial charge in [0.15, 0.2) is 12.3 Å². The number of nitrogens with one attached hydrogen (secondary N) is 1. The van der Waals surface area contributed by atoms with Gasteiger partial charge in [-0.25, -0.2) is 4.68 Å². The third kappa shape index (κ3) is 5.01. The van der Waals surface area contributed by atoms with E-state index in [4.69, 9.17) is 16.3 Å².